The number of fused-ring (bicyclic) bond motifs is 1. The summed E-state index contributed by atoms with van der Waals surface area (Å²) in [5.41, 5.74) is 2.86. The molecule has 0 aliphatic carbocycles. The third-order valence-corrected chi connectivity index (χ3v) is 5.61. The van der Waals surface area contributed by atoms with E-state index in [1.54, 1.807) is 24.1 Å². The molecule has 0 amide bonds. The van der Waals surface area contributed by atoms with Gasteiger partial charge < -0.3 is 9.72 Å². The molecule has 0 spiro atoms. The van der Waals surface area contributed by atoms with Crippen molar-refractivity contribution in [2.75, 3.05) is 13.7 Å². The van der Waals surface area contributed by atoms with Gasteiger partial charge in [-0.05, 0) is 12.1 Å². The first-order valence-corrected chi connectivity index (χ1v) is 12.0. The van der Waals surface area contributed by atoms with Gasteiger partial charge in [-0.25, -0.2) is 4.98 Å². The van der Waals surface area contributed by atoms with Gasteiger partial charge in [0.05, 0.1) is 11.2 Å². The van der Waals surface area contributed by atoms with E-state index in [0.717, 1.165) is 28.8 Å². The number of aromatic amines is 1. The van der Waals surface area contributed by atoms with Crippen molar-refractivity contribution in [1.82, 2.24) is 19.7 Å². The lowest BCUT2D eigenvalue weighted by molar-refractivity contribution is 0.214. The van der Waals surface area contributed by atoms with Crippen LogP contribution < -0.4 is 0 Å². The summed E-state index contributed by atoms with van der Waals surface area (Å²) in [6.45, 7) is 8.00. The van der Waals surface area contributed by atoms with Crippen LogP contribution in [0.25, 0.3) is 22.2 Å². The Bertz CT molecular complexity index is 791. The van der Waals surface area contributed by atoms with Gasteiger partial charge >= 0.3 is 0 Å². The topological polar surface area (TPSA) is 55.7 Å². The zero-order chi connectivity index (χ0) is 17.7. The largest absolute Gasteiger partial charge is 0.385 e. The molecule has 130 valence electrons. The fourth-order valence-electron chi connectivity index (χ4n) is 2.21. The van der Waals surface area contributed by atoms with Gasteiger partial charge in [-0.1, -0.05) is 31.2 Å². The second kappa shape index (κ2) is 7.96. The van der Waals surface area contributed by atoms with Gasteiger partial charge in [0.25, 0.3) is 0 Å². The summed E-state index contributed by atoms with van der Waals surface area (Å²) < 4.78 is 6.71. The number of hydrogen-bond acceptors (Lipinski definition) is 3. The van der Waals surface area contributed by atoms with Gasteiger partial charge in [0, 0.05) is 63.9 Å². The molecular formula is C17H25ClN4OSi. The third kappa shape index (κ3) is 4.93. The molecule has 3 aromatic heterocycles. The van der Waals surface area contributed by atoms with E-state index in [1.807, 2.05) is 25.6 Å². The molecule has 0 atom stereocenters. The highest BCUT2D eigenvalue weighted by atomic mass is 35.5. The molecule has 0 aromatic carbocycles. The van der Waals surface area contributed by atoms with Crippen LogP contribution in [0.4, 0.5) is 0 Å². The fourth-order valence-corrected chi connectivity index (χ4v) is 3.28. The molecule has 3 heterocycles. The number of nitrogens with one attached hydrogen (secondary N) is 1. The second-order valence-electron chi connectivity index (χ2n) is 6.92. The monoisotopic (exact) mass is 364 g/mol. The predicted octanol–water partition coefficient (Wildman–Crippen LogP) is 4.59. The number of aromatic nitrogens is 4. The highest BCUT2D eigenvalue weighted by Gasteiger charge is 2.11. The zero-order valence-electron chi connectivity index (χ0n) is 14.9. The van der Waals surface area contributed by atoms with E-state index >= 15 is 0 Å². The molecule has 24 heavy (non-hydrogen) atoms. The lowest BCUT2D eigenvalue weighted by atomic mass is 10.1. The molecule has 7 heteroatoms. The molecule has 0 aliphatic heterocycles. The van der Waals surface area contributed by atoms with Crippen molar-refractivity contribution in [1.29, 1.82) is 0 Å². The molecule has 0 radical (unpaired) electrons. The van der Waals surface area contributed by atoms with Crippen molar-refractivity contribution in [2.24, 2.45) is 7.05 Å². The Morgan fingerprint density at radius 2 is 2.08 bits per heavy atom. The van der Waals surface area contributed by atoms with Gasteiger partial charge in [0.15, 0.2) is 0 Å². The van der Waals surface area contributed by atoms with Gasteiger partial charge in [-0.3, -0.25) is 4.68 Å². The van der Waals surface area contributed by atoms with Crippen LogP contribution >= 0.6 is 11.6 Å². The van der Waals surface area contributed by atoms with Crippen LogP contribution in [0.2, 0.25) is 30.7 Å². The van der Waals surface area contributed by atoms with E-state index < -0.39 is 8.07 Å². The van der Waals surface area contributed by atoms with Crippen molar-refractivity contribution in [3.63, 3.8) is 0 Å². The van der Waals surface area contributed by atoms with E-state index in [9.17, 15) is 0 Å². The third-order valence-electron chi connectivity index (χ3n) is 3.59. The van der Waals surface area contributed by atoms with Crippen LogP contribution in [0, 0.1) is 0 Å². The number of rotatable bonds is 4. The van der Waals surface area contributed by atoms with Gasteiger partial charge in [0.1, 0.15) is 5.65 Å². The maximum atomic E-state index is 6.17. The first-order chi connectivity index (χ1) is 11.3. The standard InChI is InChI=1S/C11H9ClN4.C6H16OSi/c1-16-6-7(4-15-16)8-5-14-11-10(8)9(12)2-3-13-11;1-7-5-6-8(2,3)4/h2-6H,1H3,(H,13,14);5-6H2,1-4H3. The zero-order valence-corrected chi connectivity index (χ0v) is 16.7. The lowest BCUT2D eigenvalue weighted by Crippen LogP contribution is -2.21. The van der Waals surface area contributed by atoms with Crippen molar-refractivity contribution in [2.45, 2.75) is 25.7 Å². The Hall–Kier alpha value is -1.63. The highest BCUT2D eigenvalue weighted by molar-refractivity contribution is 6.76. The molecule has 3 aromatic rings. The first-order valence-electron chi connectivity index (χ1n) is 7.91. The molecule has 3 rings (SSSR count). The highest BCUT2D eigenvalue weighted by Crippen LogP contribution is 2.32. The van der Waals surface area contributed by atoms with E-state index in [0.29, 0.717) is 5.02 Å². The summed E-state index contributed by atoms with van der Waals surface area (Å²) in [6.07, 6.45) is 7.35. The second-order valence-corrected chi connectivity index (χ2v) is 13.0. The number of aryl methyl sites for hydroxylation is 1. The van der Waals surface area contributed by atoms with Crippen LogP contribution in [0.1, 0.15) is 0 Å². The quantitative estimate of drug-likeness (QED) is 0.689. The minimum absolute atomic E-state index is 0.699. The van der Waals surface area contributed by atoms with Crippen LogP contribution in [0.3, 0.4) is 0 Å². The smallest absolute Gasteiger partial charge is 0.139 e. The van der Waals surface area contributed by atoms with Gasteiger partial charge in [0.2, 0.25) is 0 Å². The normalized spacial score (nSPS) is 11.4. The average molecular weight is 365 g/mol. The number of methoxy groups -OCH3 is 1. The molecule has 0 bridgehead atoms. The Labute approximate surface area is 149 Å². The van der Waals surface area contributed by atoms with E-state index in [-0.39, 0.29) is 0 Å². The van der Waals surface area contributed by atoms with Crippen LogP contribution in [-0.4, -0.2) is 41.5 Å². The molecule has 0 saturated heterocycles. The molecule has 0 saturated carbocycles. The minimum Gasteiger partial charge on any atom is -0.385 e. The fraction of sp³-hybridized carbons (Fsp3) is 0.412. The summed E-state index contributed by atoms with van der Waals surface area (Å²) >= 11 is 6.17. The molecule has 0 fully saturated rings. The molecule has 1 N–H and O–H groups in total. The maximum Gasteiger partial charge on any atom is 0.139 e. The van der Waals surface area contributed by atoms with Crippen molar-refractivity contribution < 1.29 is 4.74 Å². The number of pyridine rings is 1. The molecule has 0 unspecified atom stereocenters. The van der Waals surface area contributed by atoms with Crippen LogP contribution in [0.5, 0.6) is 0 Å². The minimum atomic E-state index is -0.803. The Morgan fingerprint density at radius 1 is 1.33 bits per heavy atom. The molecule has 0 aliphatic rings. The summed E-state index contributed by atoms with van der Waals surface area (Å²) in [5, 5.41) is 5.79. The van der Waals surface area contributed by atoms with Crippen molar-refractivity contribution in [3.8, 4) is 11.1 Å². The number of hydrogen-bond donors (Lipinski definition) is 1. The summed E-state index contributed by atoms with van der Waals surface area (Å²) in [4.78, 5) is 7.33. The number of H-pyrrole nitrogens is 1. The molecular weight excluding hydrogens is 340 g/mol. The van der Waals surface area contributed by atoms with E-state index in [2.05, 4.69) is 34.7 Å². The summed E-state index contributed by atoms with van der Waals surface area (Å²) in [7, 11) is 2.85. The SMILES string of the molecule is COCC[Si](C)(C)C.Cn1cc(-c2c[nH]c3nccc(Cl)c23)cn1. The lowest BCUT2D eigenvalue weighted by Gasteiger charge is -2.13. The van der Waals surface area contributed by atoms with E-state index in [4.69, 9.17) is 16.3 Å². The van der Waals surface area contributed by atoms with Crippen LogP contribution in [0.15, 0.2) is 30.9 Å². The first kappa shape index (κ1) is 18.7. The van der Waals surface area contributed by atoms with Gasteiger partial charge in [-0.2, -0.15) is 5.10 Å². The van der Waals surface area contributed by atoms with Crippen molar-refractivity contribution in [3.05, 3.63) is 35.9 Å². The predicted molar refractivity (Wildman–Crippen MR) is 103 cm³/mol. The average Bonchev–Trinajstić information content (AvgIpc) is 3.12. The Kier molecular flexibility index (Phi) is 6.20. The summed E-state index contributed by atoms with van der Waals surface area (Å²) in [6, 6.07) is 3.07. The van der Waals surface area contributed by atoms with Crippen LogP contribution in [-0.2, 0) is 11.8 Å². The number of ether oxygens (including phenoxy) is 1. The van der Waals surface area contributed by atoms with Gasteiger partial charge in [-0.15, -0.1) is 0 Å². The van der Waals surface area contributed by atoms with Crippen molar-refractivity contribution >= 4 is 30.7 Å². The Morgan fingerprint density at radius 3 is 2.62 bits per heavy atom. The number of halogens is 1. The maximum absolute atomic E-state index is 6.17. The van der Waals surface area contributed by atoms with E-state index in [1.165, 1.54) is 6.04 Å². The number of nitrogens with zero attached hydrogens (tertiary/aromatic N) is 3. The molecule has 5 nitrogen and oxygen atoms in total. The summed E-state index contributed by atoms with van der Waals surface area (Å²) in [5.74, 6) is 0. The Balaban J connectivity index is 0.000000224.